The molecular weight excluding hydrogens is 456 g/mol. The van der Waals surface area contributed by atoms with Gasteiger partial charge in [0.1, 0.15) is 12.2 Å². The Kier molecular flexibility index (Phi) is 8.04. The van der Waals surface area contributed by atoms with Gasteiger partial charge in [-0.1, -0.05) is 24.0 Å². The Morgan fingerprint density at radius 1 is 1.11 bits per heavy atom. The second-order valence-corrected chi connectivity index (χ2v) is 11.4. The highest BCUT2D eigenvalue weighted by atomic mass is 16.6. The van der Waals surface area contributed by atoms with Crippen LogP contribution in [-0.2, 0) is 19.1 Å². The van der Waals surface area contributed by atoms with Crippen LogP contribution in [-0.4, -0.2) is 54.2 Å². The summed E-state index contributed by atoms with van der Waals surface area (Å²) in [5.41, 5.74) is 1.60. The van der Waals surface area contributed by atoms with Crippen LogP contribution in [0.25, 0.3) is 0 Å². The van der Waals surface area contributed by atoms with E-state index < -0.39 is 5.60 Å². The van der Waals surface area contributed by atoms with Crippen molar-refractivity contribution in [2.75, 3.05) is 19.7 Å². The van der Waals surface area contributed by atoms with Crippen molar-refractivity contribution in [1.29, 1.82) is 0 Å². The lowest BCUT2D eigenvalue weighted by atomic mass is 9.67. The van der Waals surface area contributed by atoms with Crippen LogP contribution in [0.4, 0.5) is 4.79 Å². The van der Waals surface area contributed by atoms with Crippen molar-refractivity contribution in [3.8, 4) is 11.8 Å². The van der Waals surface area contributed by atoms with Crippen molar-refractivity contribution in [1.82, 2.24) is 10.2 Å². The molecular formula is C29H38N2O5. The predicted octanol–water partition coefficient (Wildman–Crippen LogP) is 4.53. The zero-order chi connectivity index (χ0) is 25.8. The average Bonchev–Trinajstić information content (AvgIpc) is 2.83. The summed E-state index contributed by atoms with van der Waals surface area (Å²) in [7, 11) is 0. The van der Waals surface area contributed by atoms with Crippen molar-refractivity contribution in [2.45, 2.75) is 89.8 Å². The van der Waals surface area contributed by atoms with Crippen LogP contribution in [0.5, 0.6) is 0 Å². The van der Waals surface area contributed by atoms with Crippen LogP contribution >= 0.6 is 0 Å². The minimum atomic E-state index is -0.457. The summed E-state index contributed by atoms with van der Waals surface area (Å²) < 4.78 is 11.6. The van der Waals surface area contributed by atoms with Gasteiger partial charge in [0.25, 0.3) is 0 Å². The number of amides is 3. The highest BCUT2D eigenvalue weighted by Gasteiger charge is 2.40. The fourth-order valence-electron chi connectivity index (χ4n) is 5.50. The maximum Gasteiger partial charge on any atom is 0.410 e. The van der Waals surface area contributed by atoms with E-state index in [-0.39, 0.29) is 29.9 Å². The molecule has 0 aromatic heterocycles. The fourth-order valence-corrected chi connectivity index (χ4v) is 5.50. The van der Waals surface area contributed by atoms with Gasteiger partial charge in [-0.2, -0.15) is 0 Å². The first-order valence-corrected chi connectivity index (χ1v) is 13.1. The van der Waals surface area contributed by atoms with E-state index in [1.165, 1.54) is 0 Å². The monoisotopic (exact) mass is 494 g/mol. The summed E-state index contributed by atoms with van der Waals surface area (Å²) in [6.45, 7) is 7.63. The molecule has 2 aliphatic heterocycles. The van der Waals surface area contributed by atoms with Crippen LogP contribution in [0.2, 0.25) is 0 Å². The van der Waals surface area contributed by atoms with Crippen LogP contribution in [0.1, 0.15) is 89.2 Å². The van der Waals surface area contributed by atoms with E-state index in [0.29, 0.717) is 24.9 Å². The second-order valence-electron chi connectivity index (χ2n) is 11.4. The highest BCUT2D eigenvalue weighted by molar-refractivity contribution is 6.00. The predicted molar refractivity (Wildman–Crippen MR) is 136 cm³/mol. The van der Waals surface area contributed by atoms with E-state index >= 15 is 0 Å². The zero-order valence-corrected chi connectivity index (χ0v) is 21.7. The smallest absolute Gasteiger partial charge is 0.410 e. The van der Waals surface area contributed by atoms with Crippen molar-refractivity contribution in [2.24, 2.45) is 5.41 Å². The molecule has 7 heteroatoms. The molecule has 4 rings (SSSR count). The van der Waals surface area contributed by atoms with Gasteiger partial charge in [-0.3, -0.25) is 14.9 Å². The largest absolute Gasteiger partial charge is 0.444 e. The van der Waals surface area contributed by atoms with Gasteiger partial charge < -0.3 is 14.4 Å². The van der Waals surface area contributed by atoms with Gasteiger partial charge in [0.2, 0.25) is 11.8 Å². The van der Waals surface area contributed by atoms with E-state index in [2.05, 4.69) is 17.2 Å². The molecule has 1 atom stereocenters. The number of carbonyl (C=O) groups is 3. The number of hydrogen-bond acceptors (Lipinski definition) is 5. The van der Waals surface area contributed by atoms with Gasteiger partial charge in [-0.05, 0) is 88.8 Å². The standard InChI is InChI=1S/C29H38N2O5/c1-28(2,3)36-27(34)31-17-15-29(16-18-31)13-11-23(12-14-29)35-19-5-7-21-6-4-8-22(20-21)24-9-10-25(32)30-26(24)33/h4,6,8,20,23-24H,9-19H2,1-3H3,(H,30,32,33). The lowest BCUT2D eigenvalue weighted by Crippen LogP contribution is -2.46. The maximum absolute atomic E-state index is 12.4. The van der Waals surface area contributed by atoms with E-state index in [0.717, 1.165) is 62.7 Å². The van der Waals surface area contributed by atoms with E-state index in [9.17, 15) is 14.4 Å². The lowest BCUT2D eigenvalue weighted by molar-refractivity contribution is -0.134. The molecule has 1 N–H and O–H groups in total. The number of piperidine rings is 2. The molecule has 36 heavy (non-hydrogen) atoms. The first-order chi connectivity index (χ1) is 17.1. The highest BCUT2D eigenvalue weighted by Crippen LogP contribution is 2.45. The molecule has 1 aliphatic carbocycles. The van der Waals surface area contributed by atoms with Gasteiger partial charge in [-0.15, -0.1) is 0 Å². The van der Waals surface area contributed by atoms with Crippen LogP contribution < -0.4 is 5.32 Å². The number of likely N-dealkylation sites (tertiary alicyclic amines) is 1. The molecule has 0 radical (unpaired) electrons. The molecule has 194 valence electrons. The first kappa shape index (κ1) is 26.2. The minimum absolute atomic E-state index is 0.199. The normalized spacial score (nSPS) is 22.5. The summed E-state index contributed by atoms with van der Waals surface area (Å²) in [5, 5.41) is 2.42. The van der Waals surface area contributed by atoms with Crippen LogP contribution in [0.3, 0.4) is 0 Å². The third-order valence-corrected chi connectivity index (χ3v) is 7.62. The second kappa shape index (κ2) is 11.0. The summed E-state index contributed by atoms with van der Waals surface area (Å²) in [4.78, 5) is 37.8. The summed E-state index contributed by atoms with van der Waals surface area (Å²) in [6.07, 6.45) is 7.29. The molecule has 3 aliphatic rings. The summed E-state index contributed by atoms with van der Waals surface area (Å²) in [5.74, 6) is 5.54. The molecule has 1 aromatic rings. The molecule has 3 fully saturated rings. The number of benzene rings is 1. The molecule has 7 nitrogen and oxygen atoms in total. The van der Waals surface area contributed by atoms with Gasteiger partial charge in [0.05, 0.1) is 12.0 Å². The third-order valence-electron chi connectivity index (χ3n) is 7.62. The Balaban J connectivity index is 1.20. The van der Waals surface area contributed by atoms with Gasteiger partial charge in [-0.25, -0.2) is 4.79 Å². The third kappa shape index (κ3) is 6.88. The number of rotatable bonds is 3. The number of nitrogens with one attached hydrogen (secondary N) is 1. The first-order valence-electron chi connectivity index (χ1n) is 13.1. The molecule has 1 saturated carbocycles. The molecule has 1 unspecified atom stereocenters. The molecule has 1 spiro atoms. The van der Waals surface area contributed by atoms with Crippen LogP contribution in [0, 0.1) is 17.3 Å². The van der Waals surface area contributed by atoms with Gasteiger partial charge in [0, 0.05) is 25.1 Å². The van der Waals surface area contributed by atoms with E-state index in [1.807, 2.05) is 49.9 Å². The topological polar surface area (TPSA) is 84.9 Å². The van der Waals surface area contributed by atoms with Crippen molar-refractivity contribution in [3.05, 3.63) is 35.4 Å². The number of carbonyl (C=O) groups excluding carboxylic acids is 3. The van der Waals surface area contributed by atoms with Crippen molar-refractivity contribution < 1.29 is 23.9 Å². The quantitative estimate of drug-likeness (QED) is 0.493. The number of nitrogens with zero attached hydrogens (tertiary/aromatic N) is 1. The Bertz CT molecular complexity index is 1030. The maximum atomic E-state index is 12.4. The number of hydrogen-bond donors (Lipinski definition) is 1. The molecule has 3 amide bonds. The Hall–Kier alpha value is -2.85. The van der Waals surface area contributed by atoms with Crippen LogP contribution in [0.15, 0.2) is 24.3 Å². The summed E-state index contributed by atoms with van der Waals surface area (Å²) >= 11 is 0. The van der Waals surface area contributed by atoms with E-state index in [1.54, 1.807) is 0 Å². The van der Waals surface area contributed by atoms with E-state index in [4.69, 9.17) is 9.47 Å². The molecule has 0 bridgehead atoms. The summed E-state index contributed by atoms with van der Waals surface area (Å²) in [6, 6.07) is 7.67. The SMILES string of the molecule is CC(C)(C)OC(=O)N1CCC2(CCC(OCC#Cc3cccc(C4CCC(=O)NC4=O)c3)CC2)CC1. The molecule has 2 heterocycles. The zero-order valence-electron chi connectivity index (χ0n) is 21.7. The Morgan fingerprint density at radius 3 is 2.50 bits per heavy atom. The Labute approximate surface area is 214 Å². The van der Waals surface area contributed by atoms with Gasteiger partial charge in [0.15, 0.2) is 0 Å². The van der Waals surface area contributed by atoms with Crippen molar-refractivity contribution >= 4 is 17.9 Å². The number of ether oxygens (including phenoxy) is 2. The minimum Gasteiger partial charge on any atom is -0.444 e. The number of imide groups is 1. The molecule has 2 saturated heterocycles. The lowest BCUT2D eigenvalue weighted by Gasteiger charge is -2.45. The average molecular weight is 495 g/mol. The fraction of sp³-hybridized carbons (Fsp3) is 0.621. The van der Waals surface area contributed by atoms with Crippen molar-refractivity contribution in [3.63, 3.8) is 0 Å². The van der Waals surface area contributed by atoms with Gasteiger partial charge >= 0.3 is 6.09 Å². The molecule has 1 aromatic carbocycles. The Morgan fingerprint density at radius 2 is 1.83 bits per heavy atom.